The van der Waals surface area contributed by atoms with Crippen molar-refractivity contribution in [3.8, 4) is 22.8 Å². The highest BCUT2D eigenvalue weighted by Gasteiger charge is 2.53. The van der Waals surface area contributed by atoms with Crippen LogP contribution < -0.4 is 14.8 Å². The molecular weight excluding hydrogens is 453 g/mol. The fourth-order valence-electron chi connectivity index (χ4n) is 3.99. The van der Waals surface area contributed by atoms with Crippen molar-refractivity contribution >= 4 is 17.7 Å². The van der Waals surface area contributed by atoms with Crippen LogP contribution >= 0.6 is 0 Å². The molecule has 1 amide bonds. The average Bonchev–Trinajstić information content (AvgIpc) is 3.51. The van der Waals surface area contributed by atoms with E-state index in [0.717, 1.165) is 12.1 Å². The second-order valence-electron chi connectivity index (χ2n) is 8.26. The Labute approximate surface area is 191 Å². The number of nitrogens with zero attached hydrogens (tertiary/aromatic N) is 1. The number of carboxylic acids is 1. The molecule has 2 N–H and O–H groups in total. The summed E-state index contributed by atoms with van der Waals surface area (Å²) < 4.78 is 49.6. The number of benzene rings is 2. The van der Waals surface area contributed by atoms with Crippen LogP contribution in [0.3, 0.4) is 0 Å². The molecule has 2 aromatic carbocycles. The normalized spacial score (nSPS) is 16.7. The van der Waals surface area contributed by atoms with Gasteiger partial charge in [0, 0.05) is 5.56 Å². The van der Waals surface area contributed by atoms with Gasteiger partial charge in [0.05, 0.1) is 16.7 Å². The number of anilines is 1. The summed E-state index contributed by atoms with van der Waals surface area (Å²) in [4.78, 5) is 28.8. The highest BCUT2D eigenvalue weighted by atomic mass is 19.3. The van der Waals surface area contributed by atoms with Crippen molar-refractivity contribution in [1.29, 1.82) is 0 Å². The van der Waals surface area contributed by atoms with Gasteiger partial charge in [-0.2, -0.15) is 0 Å². The number of alkyl halides is 2. The maximum atomic E-state index is 14.0. The SMILES string of the molecule is Cc1ccc(NC(=O)C2(c3ccc4c(c3)OC(F)(F)O4)CC2)nc1-c1cc(F)cc(C(=O)O)c1. The van der Waals surface area contributed by atoms with E-state index in [1.54, 1.807) is 25.1 Å². The predicted molar refractivity (Wildman–Crippen MR) is 114 cm³/mol. The van der Waals surface area contributed by atoms with Crippen LogP contribution in [0.15, 0.2) is 48.5 Å². The van der Waals surface area contributed by atoms with Crippen molar-refractivity contribution in [1.82, 2.24) is 4.98 Å². The molecule has 1 aliphatic heterocycles. The Morgan fingerprint density at radius 2 is 1.76 bits per heavy atom. The van der Waals surface area contributed by atoms with Crippen LogP contribution in [0.5, 0.6) is 11.5 Å². The van der Waals surface area contributed by atoms with Gasteiger partial charge in [0.2, 0.25) is 5.91 Å². The number of halogens is 3. The maximum Gasteiger partial charge on any atom is 0.586 e. The number of carboxylic acid groups (broad SMARTS) is 1. The highest BCUT2D eigenvalue weighted by molar-refractivity contribution is 6.01. The van der Waals surface area contributed by atoms with Crippen LogP contribution in [0.25, 0.3) is 11.3 Å². The summed E-state index contributed by atoms with van der Waals surface area (Å²) in [6.07, 6.45) is -2.75. The molecule has 1 fully saturated rings. The van der Waals surface area contributed by atoms with E-state index in [1.165, 1.54) is 18.2 Å². The molecule has 2 heterocycles. The molecule has 5 rings (SSSR count). The van der Waals surface area contributed by atoms with Crippen molar-refractivity contribution < 1.29 is 37.3 Å². The smallest absolute Gasteiger partial charge is 0.478 e. The van der Waals surface area contributed by atoms with E-state index in [4.69, 9.17) is 0 Å². The first-order valence-corrected chi connectivity index (χ1v) is 10.3. The molecule has 1 aliphatic carbocycles. The third-order valence-corrected chi connectivity index (χ3v) is 5.90. The number of nitrogens with one attached hydrogen (secondary N) is 1. The van der Waals surface area contributed by atoms with Gasteiger partial charge in [0.15, 0.2) is 11.5 Å². The Kier molecular flexibility index (Phi) is 4.78. The lowest BCUT2D eigenvalue weighted by atomic mass is 9.94. The molecule has 10 heteroatoms. The molecule has 174 valence electrons. The first-order valence-electron chi connectivity index (χ1n) is 10.3. The Hall–Kier alpha value is -4.08. The third-order valence-electron chi connectivity index (χ3n) is 5.90. The molecule has 34 heavy (non-hydrogen) atoms. The number of aryl methyl sites for hydroxylation is 1. The van der Waals surface area contributed by atoms with Gasteiger partial charge in [-0.15, -0.1) is 8.78 Å². The summed E-state index contributed by atoms with van der Waals surface area (Å²) in [5, 5.41) is 11.9. The lowest BCUT2D eigenvalue weighted by molar-refractivity contribution is -0.286. The predicted octanol–water partition coefficient (Wildman–Crippen LogP) is 4.89. The number of aromatic nitrogens is 1. The first kappa shape index (κ1) is 21.7. The molecule has 7 nitrogen and oxygen atoms in total. The van der Waals surface area contributed by atoms with Crippen LogP contribution in [0.1, 0.15) is 34.3 Å². The van der Waals surface area contributed by atoms with Gasteiger partial charge in [-0.1, -0.05) is 12.1 Å². The second kappa shape index (κ2) is 7.47. The van der Waals surface area contributed by atoms with Gasteiger partial charge >= 0.3 is 12.3 Å². The fourth-order valence-corrected chi connectivity index (χ4v) is 3.99. The number of amides is 1. The first-order chi connectivity index (χ1) is 16.1. The molecule has 1 aromatic heterocycles. The number of carbonyl (C=O) groups is 2. The number of hydrogen-bond acceptors (Lipinski definition) is 5. The van der Waals surface area contributed by atoms with Gasteiger partial charge in [-0.3, -0.25) is 4.79 Å². The minimum atomic E-state index is -3.75. The van der Waals surface area contributed by atoms with Crippen LogP contribution in [-0.4, -0.2) is 28.3 Å². The number of ether oxygens (including phenoxy) is 2. The summed E-state index contributed by atoms with van der Waals surface area (Å²) in [6.45, 7) is 1.73. The number of aromatic carboxylic acids is 1. The van der Waals surface area contributed by atoms with E-state index in [0.29, 0.717) is 29.7 Å². The van der Waals surface area contributed by atoms with Crippen molar-refractivity contribution in [2.75, 3.05) is 5.32 Å². The minimum Gasteiger partial charge on any atom is -0.478 e. The molecule has 2 aliphatic rings. The Balaban J connectivity index is 1.42. The lowest BCUT2D eigenvalue weighted by Gasteiger charge is -2.17. The summed E-state index contributed by atoms with van der Waals surface area (Å²) in [7, 11) is 0. The largest absolute Gasteiger partial charge is 0.586 e. The summed E-state index contributed by atoms with van der Waals surface area (Å²) in [5.74, 6) is -2.45. The highest BCUT2D eigenvalue weighted by Crippen LogP contribution is 2.52. The summed E-state index contributed by atoms with van der Waals surface area (Å²) >= 11 is 0. The van der Waals surface area contributed by atoms with E-state index in [2.05, 4.69) is 19.8 Å². The van der Waals surface area contributed by atoms with Gasteiger partial charge in [-0.05, 0) is 67.3 Å². The van der Waals surface area contributed by atoms with Crippen molar-refractivity contribution in [2.24, 2.45) is 0 Å². The standard InChI is InChI=1S/C24H17F3N2O5/c1-12-2-5-19(28-20(12)13-8-14(21(30)31)10-16(25)9-13)29-22(32)23(6-7-23)15-3-4-17-18(11-15)34-24(26,27)33-17/h2-5,8-11H,6-7H2,1H3,(H,30,31)(H,28,29,32). The second-order valence-corrected chi connectivity index (χ2v) is 8.26. The van der Waals surface area contributed by atoms with Gasteiger partial charge in [0.1, 0.15) is 11.6 Å². The molecular formula is C24H17F3N2O5. The summed E-state index contributed by atoms with van der Waals surface area (Å²) in [6, 6.07) is 10.9. The van der Waals surface area contributed by atoms with Gasteiger partial charge in [-0.25, -0.2) is 14.2 Å². The van der Waals surface area contributed by atoms with E-state index in [9.17, 15) is 27.9 Å². The van der Waals surface area contributed by atoms with Crippen molar-refractivity contribution in [3.63, 3.8) is 0 Å². The van der Waals surface area contributed by atoms with Crippen LogP contribution in [0, 0.1) is 12.7 Å². The van der Waals surface area contributed by atoms with E-state index < -0.39 is 23.5 Å². The van der Waals surface area contributed by atoms with E-state index in [-0.39, 0.29) is 34.4 Å². The molecule has 0 atom stereocenters. The Morgan fingerprint density at radius 1 is 1.03 bits per heavy atom. The van der Waals surface area contributed by atoms with Crippen molar-refractivity contribution in [3.05, 3.63) is 71.0 Å². The van der Waals surface area contributed by atoms with E-state index in [1.807, 2.05) is 0 Å². The Bertz CT molecular complexity index is 1350. The van der Waals surface area contributed by atoms with Crippen LogP contribution in [-0.2, 0) is 10.2 Å². The monoisotopic (exact) mass is 470 g/mol. The molecule has 0 bridgehead atoms. The maximum absolute atomic E-state index is 14.0. The quantitative estimate of drug-likeness (QED) is 0.551. The van der Waals surface area contributed by atoms with E-state index >= 15 is 0 Å². The van der Waals surface area contributed by atoms with Crippen LogP contribution in [0.4, 0.5) is 19.0 Å². The molecule has 0 saturated heterocycles. The molecule has 1 saturated carbocycles. The lowest BCUT2D eigenvalue weighted by Crippen LogP contribution is -2.28. The molecule has 3 aromatic rings. The third kappa shape index (κ3) is 3.81. The minimum absolute atomic E-state index is 0.106. The molecule has 0 unspecified atom stereocenters. The molecule has 0 spiro atoms. The number of pyridine rings is 1. The summed E-state index contributed by atoms with van der Waals surface area (Å²) in [5.41, 5.74) is 0.569. The Morgan fingerprint density at radius 3 is 2.47 bits per heavy atom. The van der Waals surface area contributed by atoms with Gasteiger partial charge < -0.3 is 19.9 Å². The number of rotatable bonds is 5. The number of hydrogen-bond donors (Lipinski definition) is 2. The topological polar surface area (TPSA) is 97.8 Å². The van der Waals surface area contributed by atoms with Gasteiger partial charge in [0.25, 0.3) is 0 Å². The molecule has 0 radical (unpaired) electrons. The zero-order valence-corrected chi connectivity index (χ0v) is 17.7. The number of carbonyl (C=O) groups excluding carboxylic acids is 1. The van der Waals surface area contributed by atoms with Crippen molar-refractivity contribution in [2.45, 2.75) is 31.5 Å². The fraction of sp³-hybridized carbons (Fsp3) is 0.208. The number of fused-ring (bicyclic) bond motifs is 1. The zero-order chi connectivity index (χ0) is 24.3. The van der Waals surface area contributed by atoms with Crippen LogP contribution in [0.2, 0.25) is 0 Å². The zero-order valence-electron chi connectivity index (χ0n) is 17.7. The average molecular weight is 470 g/mol.